The zero-order chi connectivity index (χ0) is 16.4. The SMILES string of the molecule is Cc1cccc(C)c1OC(=O)Cc1csc(NC(=O)C2CC2)n1. The van der Waals surface area contributed by atoms with Crippen LogP contribution >= 0.6 is 11.3 Å². The lowest BCUT2D eigenvalue weighted by molar-refractivity contribution is -0.133. The third-order valence-electron chi connectivity index (χ3n) is 3.68. The van der Waals surface area contributed by atoms with Gasteiger partial charge in [0.1, 0.15) is 5.75 Å². The van der Waals surface area contributed by atoms with E-state index in [0.29, 0.717) is 16.6 Å². The van der Waals surface area contributed by atoms with Crippen LogP contribution in [0.4, 0.5) is 5.13 Å². The molecule has 5 nitrogen and oxygen atoms in total. The third-order valence-corrected chi connectivity index (χ3v) is 4.49. The number of aryl methyl sites for hydroxylation is 2. The van der Waals surface area contributed by atoms with Crippen molar-refractivity contribution in [3.8, 4) is 5.75 Å². The molecule has 0 aliphatic heterocycles. The third kappa shape index (κ3) is 3.96. The van der Waals surface area contributed by atoms with Crippen LogP contribution in [0.5, 0.6) is 5.75 Å². The number of benzene rings is 1. The highest BCUT2D eigenvalue weighted by Gasteiger charge is 2.30. The lowest BCUT2D eigenvalue weighted by atomic mass is 10.1. The summed E-state index contributed by atoms with van der Waals surface area (Å²) in [6.45, 7) is 3.81. The van der Waals surface area contributed by atoms with E-state index in [1.54, 1.807) is 5.38 Å². The van der Waals surface area contributed by atoms with Gasteiger partial charge in [0.25, 0.3) is 0 Å². The number of hydrogen-bond donors (Lipinski definition) is 1. The van der Waals surface area contributed by atoms with Gasteiger partial charge in [-0.05, 0) is 37.8 Å². The molecule has 23 heavy (non-hydrogen) atoms. The van der Waals surface area contributed by atoms with E-state index in [1.807, 2.05) is 32.0 Å². The number of amides is 1. The van der Waals surface area contributed by atoms with E-state index >= 15 is 0 Å². The van der Waals surface area contributed by atoms with Crippen LogP contribution in [-0.2, 0) is 16.0 Å². The number of para-hydroxylation sites is 1. The Morgan fingerprint density at radius 3 is 2.65 bits per heavy atom. The summed E-state index contributed by atoms with van der Waals surface area (Å²) < 4.78 is 5.46. The first-order valence-corrected chi connectivity index (χ1v) is 8.43. The number of rotatable bonds is 5. The highest BCUT2D eigenvalue weighted by Crippen LogP contribution is 2.30. The zero-order valence-electron chi connectivity index (χ0n) is 13.1. The largest absolute Gasteiger partial charge is 0.426 e. The van der Waals surface area contributed by atoms with Crippen LogP contribution in [0.3, 0.4) is 0 Å². The maximum absolute atomic E-state index is 12.1. The van der Waals surface area contributed by atoms with Crippen molar-refractivity contribution in [1.29, 1.82) is 0 Å². The molecular formula is C17H18N2O3S. The van der Waals surface area contributed by atoms with Gasteiger partial charge in [-0.3, -0.25) is 9.59 Å². The highest BCUT2D eigenvalue weighted by molar-refractivity contribution is 7.13. The molecule has 1 aromatic carbocycles. The normalized spacial score (nSPS) is 13.7. The van der Waals surface area contributed by atoms with Crippen LogP contribution in [0.1, 0.15) is 29.7 Å². The minimum Gasteiger partial charge on any atom is -0.426 e. The van der Waals surface area contributed by atoms with Gasteiger partial charge in [-0.15, -0.1) is 11.3 Å². The number of esters is 1. The van der Waals surface area contributed by atoms with Crippen LogP contribution in [0.2, 0.25) is 0 Å². The zero-order valence-corrected chi connectivity index (χ0v) is 13.9. The maximum atomic E-state index is 12.1. The molecule has 1 aromatic heterocycles. The fraction of sp³-hybridized carbons (Fsp3) is 0.353. The predicted octanol–water partition coefficient (Wildman–Crippen LogP) is 3.26. The Morgan fingerprint density at radius 2 is 2.00 bits per heavy atom. The smallest absolute Gasteiger partial charge is 0.317 e. The van der Waals surface area contributed by atoms with Crippen molar-refractivity contribution in [3.63, 3.8) is 0 Å². The van der Waals surface area contributed by atoms with Gasteiger partial charge < -0.3 is 10.1 Å². The van der Waals surface area contributed by atoms with Gasteiger partial charge >= 0.3 is 5.97 Å². The molecule has 0 radical (unpaired) electrons. The van der Waals surface area contributed by atoms with Gasteiger partial charge in [0.15, 0.2) is 5.13 Å². The van der Waals surface area contributed by atoms with Gasteiger partial charge in [0.2, 0.25) is 5.91 Å². The first kappa shape index (κ1) is 15.7. The number of ether oxygens (including phenoxy) is 1. The molecule has 1 saturated carbocycles. The second kappa shape index (κ2) is 6.50. The second-order valence-corrected chi connectivity index (χ2v) is 6.64. The Bertz CT molecular complexity index is 730. The Labute approximate surface area is 138 Å². The van der Waals surface area contributed by atoms with E-state index in [0.717, 1.165) is 24.0 Å². The minimum absolute atomic E-state index is 0.0176. The number of hydrogen-bond acceptors (Lipinski definition) is 5. The van der Waals surface area contributed by atoms with Crippen molar-refractivity contribution in [1.82, 2.24) is 4.98 Å². The van der Waals surface area contributed by atoms with Crippen LogP contribution < -0.4 is 10.1 Å². The van der Waals surface area contributed by atoms with Gasteiger partial charge in [0.05, 0.1) is 12.1 Å². The van der Waals surface area contributed by atoms with Crippen LogP contribution in [0, 0.1) is 19.8 Å². The molecule has 1 aliphatic carbocycles. The van der Waals surface area contributed by atoms with Crippen molar-refractivity contribution in [2.45, 2.75) is 33.1 Å². The number of aromatic nitrogens is 1. The summed E-state index contributed by atoms with van der Waals surface area (Å²) in [6.07, 6.45) is 1.99. The number of nitrogens with zero attached hydrogens (tertiary/aromatic N) is 1. The number of anilines is 1. The molecule has 2 aromatic rings. The van der Waals surface area contributed by atoms with E-state index in [4.69, 9.17) is 4.74 Å². The molecule has 1 N–H and O–H groups in total. The number of nitrogens with one attached hydrogen (secondary N) is 1. The number of carbonyl (C=O) groups is 2. The van der Waals surface area contributed by atoms with Gasteiger partial charge in [0, 0.05) is 11.3 Å². The molecule has 0 unspecified atom stereocenters. The molecule has 120 valence electrons. The summed E-state index contributed by atoms with van der Waals surface area (Å²) in [4.78, 5) is 28.0. The van der Waals surface area contributed by atoms with Crippen LogP contribution in [-0.4, -0.2) is 16.9 Å². The molecule has 0 saturated heterocycles. The predicted molar refractivity (Wildman–Crippen MR) is 88.7 cm³/mol. The lowest BCUT2D eigenvalue weighted by Crippen LogP contribution is -2.14. The van der Waals surface area contributed by atoms with Crippen molar-refractivity contribution < 1.29 is 14.3 Å². The molecule has 0 bridgehead atoms. The van der Waals surface area contributed by atoms with Gasteiger partial charge in [-0.2, -0.15) is 0 Å². The Balaban J connectivity index is 1.59. The van der Waals surface area contributed by atoms with Crippen LogP contribution in [0.15, 0.2) is 23.6 Å². The topological polar surface area (TPSA) is 68.3 Å². The number of carbonyl (C=O) groups excluding carboxylic acids is 2. The van der Waals surface area contributed by atoms with E-state index < -0.39 is 0 Å². The summed E-state index contributed by atoms with van der Waals surface area (Å²) in [7, 11) is 0. The summed E-state index contributed by atoms with van der Waals surface area (Å²) in [5, 5.41) is 5.09. The van der Waals surface area contributed by atoms with Gasteiger partial charge in [-0.1, -0.05) is 18.2 Å². The average Bonchev–Trinajstić information content (AvgIpc) is 3.26. The summed E-state index contributed by atoms with van der Waals surface area (Å²) in [5.41, 5.74) is 2.46. The van der Waals surface area contributed by atoms with E-state index in [1.165, 1.54) is 11.3 Å². The van der Waals surface area contributed by atoms with E-state index in [2.05, 4.69) is 10.3 Å². The standard InChI is InChI=1S/C17H18N2O3S/c1-10-4-3-5-11(2)15(10)22-14(20)8-13-9-23-17(18-13)19-16(21)12-6-7-12/h3-5,9,12H,6-8H2,1-2H3,(H,18,19,21). The molecular weight excluding hydrogens is 312 g/mol. The fourth-order valence-corrected chi connectivity index (χ4v) is 2.97. The summed E-state index contributed by atoms with van der Waals surface area (Å²) in [6, 6.07) is 5.74. The first-order chi connectivity index (χ1) is 11.0. The van der Waals surface area contributed by atoms with Crippen LogP contribution in [0.25, 0.3) is 0 Å². The van der Waals surface area contributed by atoms with E-state index in [-0.39, 0.29) is 24.2 Å². The molecule has 1 fully saturated rings. The molecule has 0 spiro atoms. The molecule has 1 amide bonds. The second-order valence-electron chi connectivity index (χ2n) is 5.78. The average molecular weight is 330 g/mol. The molecule has 0 atom stereocenters. The van der Waals surface area contributed by atoms with E-state index in [9.17, 15) is 9.59 Å². The molecule has 1 heterocycles. The first-order valence-electron chi connectivity index (χ1n) is 7.55. The van der Waals surface area contributed by atoms with Crippen molar-refractivity contribution in [2.75, 3.05) is 5.32 Å². The molecule has 6 heteroatoms. The maximum Gasteiger partial charge on any atom is 0.317 e. The fourth-order valence-electron chi connectivity index (χ4n) is 2.26. The highest BCUT2D eigenvalue weighted by atomic mass is 32.1. The van der Waals surface area contributed by atoms with Crippen molar-refractivity contribution in [3.05, 3.63) is 40.4 Å². The summed E-state index contributed by atoms with van der Waals surface area (Å²) >= 11 is 1.33. The molecule has 1 aliphatic rings. The number of thiazole rings is 1. The van der Waals surface area contributed by atoms with Gasteiger partial charge in [-0.25, -0.2) is 4.98 Å². The Kier molecular flexibility index (Phi) is 4.43. The quantitative estimate of drug-likeness (QED) is 0.675. The van der Waals surface area contributed by atoms with Crippen molar-refractivity contribution >= 4 is 28.3 Å². The minimum atomic E-state index is -0.354. The summed E-state index contributed by atoms with van der Waals surface area (Å²) in [5.74, 6) is 0.406. The van der Waals surface area contributed by atoms with Crippen molar-refractivity contribution in [2.24, 2.45) is 5.92 Å². The Morgan fingerprint density at radius 1 is 1.30 bits per heavy atom. The lowest BCUT2D eigenvalue weighted by Gasteiger charge is -2.09. The monoisotopic (exact) mass is 330 g/mol. The Hall–Kier alpha value is -2.21. The molecule has 3 rings (SSSR count).